The highest BCUT2D eigenvalue weighted by atomic mass is 32.2. The highest BCUT2D eigenvalue weighted by molar-refractivity contribution is 7.99. The molecular weight excluding hydrogens is 348 g/mol. The minimum atomic E-state index is -0.827. The minimum absolute atomic E-state index is 0.00796. The molecule has 0 spiro atoms. The molecular formula is C16H13F2N5OS. The lowest BCUT2D eigenvalue weighted by Crippen LogP contribution is -2.16. The summed E-state index contributed by atoms with van der Waals surface area (Å²) in [5.41, 5.74) is 0.949. The van der Waals surface area contributed by atoms with Gasteiger partial charge in [-0.1, -0.05) is 42.1 Å². The Hall–Kier alpha value is -2.81. The zero-order valence-corrected chi connectivity index (χ0v) is 13.7. The van der Waals surface area contributed by atoms with Crippen molar-refractivity contribution in [3.05, 3.63) is 65.7 Å². The highest BCUT2D eigenvalue weighted by Gasteiger charge is 2.12. The molecule has 0 saturated carbocycles. The number of hydrogen-bond donors (Lipinski definition) is 1. The lowest BCUT2D eigenvalue weighted by Gasteiger charge is -2.07. The molecule has 0 bridgehead atoms. The second kappa shape index (κ2) is 7.84. The van der Waals surface area contributed by atoms with Gasteiger partial charge in [0.15, 0.2) is 0 Å². The van der Waals surface area contributed by atoms with Gasteiger partial charge in [-0.3, -0.25) is 4.79 Å². The van der Waals surface area contributed by atoms with Crippen molar-refractivity contribution < 1.29 is 13.6 Å². The van der Waals surface area contributed by atoms with Gasteiger partial charge in [0.25, 0.3) is 0 Å². The number of hydrogen-bond acceptors (Lipinski definition) is 5. The molecule has 1 amide bonds. The summed E-state index contributed by atoms with van der Waals surface area (Å²) in [6.45, 7) is 0.477. The maximum absolute atomic E-state index is 13.5. The molecule has 2 aromatic carbocycles. The summed E-state index contributed by atoms with van der Waals surface area (Å²) < 4.78 is 28.0. The lowest BCUT2D eigenvalue weighted by molar-refractivity contribution is -0.113. The van der Waals surface area contributed by atoms with E-state index in [0.717, 1.165) is 23.4 Å². The van der Waals surface area contributed by atoms with Gasteiger partial charge in [0, 0.05) is 6.07 Å². The summed E-state index contributed by atoms with van der Waals surface area (Å²) in [5, 5.41) is 14.3. The topological polar surface area (TPSA) is 72.7 Å². The molecule has 3 aromatic rings. The monoisotopic (exact) mass is 361 g/mol. The molecule has 0 unspecified atom stereocenters. The Morgan fingerprint density at radius 2 is 1.96 bits per heavy atom. The normalized spacial score (nSPS) is 10.6. The van der Waals surface area contributed by atoms with Gasteiger partial charge in [-0.2, -0.15) is 0 Å². The van der Waals surface area contributed by atoms with Gasteiger partial charge >= 0.3 is 0 Å². The highest BCUT2D eigenvalue weighted by Crippen LogP contribution is 2.18. The lowest BCUT2D eigenvalue weighted by atomic mass is 10.2. The van der Waals surface area contributed by atoms with E-state index in [0.29, 0.717) is 17.8 Å². The Morgan fingerprint density at radius 1 is 1.16 bits per heavy atom. The molecule has 3 rings (SSSR count). The van der Waals surface area contributed by atoms with E-state index in [-0.39, 0.29) is 11.4 Å². The number of tetrazole rings is 1. The first kappa shape index (κ1) is 17.0. The van der Waals surface area contributed by atoms with E-state index in [1.807, 2.05) is 30.3 Å². The molecule has 0 aliphatic heterocycles. The molecule has 0 aliphatic carbocycles. The van der Waals surface area contributed by atoms with Crippen molar-refractivity contribution >= 4 is 23.4 Å². The second-order valence-corrected chi connectivity index (χ2v) is 6.01. The number of nitrogens with zero attached hydrogens (tertiary/aromatic N) is 4. The maximum atomic E-state index is 13.5. The summed E-state index contributed by atoms with van der Waals surface area (Å²) in [4.78, 5) is 11.9. The average molecular weight is 361 g/mol. The molecule has 128 valence electrons. The van der Waals surface area contributed by atoms with Crippen molar-refractivity contribution in [2.75, 3.05) is 11.1 Å². The van der Waals surface area contributed by atoms with Crippen molar-refractivity contribution in [2.45, 2.75) is 11.7 Å². The number of benzene rings is 2. The van der Waals surface area contributed by atoms with Crippen molar-refractivity contribution in [1.29, 1.82) is 0 Å². The number of nitrogens with one attached hydrogen (secondary N) is 1. The summed E-state index contributed by atoms with van der Waals surface area (Å²) in [6, 6.07) is 12.6. The number of halogens is 2. The Morgan fingerprint density at radius 3 is 2.72 bits per heavy atom. The average Bonchev–Trinajstić information content (AvgIpc) is 3.03. The molecule has 1 aromatic heterocycles. The first-order valence-electron chi connectivity index (χ1n) is 7.29. The van der Waals surface area contributed by atoms with Gasteiger partial charge in [0.2, 0.25) is 11.1 Å². The van der Waals surface area contributed by atoms with E-state index in [1.165, 1.54) is 6.07 Å². The van der Waals surface area contributed by atoms with Crippen molar-refractivity contribution in [2.24, 2.45) is 0 Å². The van der Waals surface area contributed by atoms with Crippen LogP contribution in [-0.2, 0) is 11.3 Å². The fourth-order valence-electron chi connectivity index (χ4n) is 2.06. The standard InChI is InChI=1S/C16H13F2N5OS/c17-12-6-7-14(13(18)8-12)19-15(24)10-25-16-20-21-22-23(16)9-11-4-2-1-3-5-11/h1-8H,9-10H2,(H,19,24). The van der Waals surface area contributed by atoms with Gasteiger partial charge in [0.1, 0.15) is 11.6 Å². The van der Waals surface area contributed by atoms with Gasteiger partial charge in [-0.25, -0.2) is 13.5 Å². The number of amides is 1. The SMILES string of the molecule is O=C(CSc1nnnn1Cc1ccccc1)Nc1ccc(F)cc1F. The fraction of sp³-hybridized carbons (Fsp3) is 0.125. The Kier molecular flexibility index (Phi) is 5.34. The molecule has 0 aliphatic rings. The van der Waals surface area contributed by atoms with Crippen molar-refractivity contribution in [1.82, 2.24) is 20.2 Å². The number of thioether (sulfide) groups is 1. The van der Waals surface area contributed by atoms with Gasteiger partial charge in [-0.15, -0.1) is 5.10 Å². The zero-order chi connectivity index (χ0) is 17.6. The maximum Gasteiger partial charge on any atom is 0.234 e. The fourth-order valence-corrected chi connectivity index (χ4v) is 2.74. The van der Waals surface area contributed by atoms with Gasteiger partial charge in [0.05, 0.1) is 18.0 Å². The first-order valence-corrected chi connectivity index (χ1v) is 8.28. The first-order chi connectivity index (χ1) is 12.1. The molecule has 9 heteroatoms. The van der Waals surface area contributed by atoms with Gasteiger partial charge in [-0.05, 0) is 28.1 Å². The van der Waals surface area contributed by atoms with E-state index in [4.69, 9.17) is 0 Å². The van der Waals surface area contributed by atoms with Crippen LogP contribution in [0, 0.1) is 11.6 Å². The van der Waals surface area contributed by atoms with E-state index in [1.54, 1.807) is 4.68 Å². The Balaban J connectivity index is 1.58. The molecule has 0 radical (unpaired) electrons. The van der Waals surface area contributed by atoms with E-state index >= 15 is 0 Å². The van der Waals surface area contributed by atoms with Crippen LogP contribution in [-0.4, -0.2) is 31.9 Å². The summed E-state index contributed by atoms with van der Waals surface area (Å²) >= 11 is 1.13. The molecule has 0 fully saturated rings. The Labute approximate surface area is 146 Å². The van der Waals surface area contributed by atoms with Crippen LogP contribution in [0.25, 0.3) is 0 Å². The number of carbonyl (C=O) groups is 1. The quantitative estimate of drug-likeness (QED) is 0.684. The third-order valence-electron chi connectivity index (χ3n) is 3.21. The van der Waals surface area contributed by atoms with E-state index in [2.05, 4.69) is 20.8 Å². The number of rotatable bonds is 6. The molecule has 1 heterocycles. The van der Waals surface area contributed by atoms with Crippen LogP contribution in [0.2, 0.25) is 0 Å². The molecule has 25 heavy (non-hydrogen) atoms. The van der Waals surface area contributed by atoms with Crippen LogP contribution < -0.4 is 5.32 Å². The number of carbonyl (C=O) groups excluding carboxylic acids is 1. The van der Waals surface area contributed by atoms with Crippen LogP contribution in [0.3, 0.4) is 0 Å². The Bertz CT molecular complexity index is 872. The van der Waals surface area contributed by atoms with Crippen LogP contribution in [0.5, 0.6) is 0 Å². The predicted molar refractivity (Wildman–Crippen MR) is 89.1 cm³/mol. The molecule has 0 atom stereocenters. The predicted octanol–water partition coefficient (Wildman–Crippen LogP) is 2.73. The van der Waals surface area contributed by atoms with Gasteiger partial charge < -0.3 is 5.32 Å². The molecule has 1 N–H and O–H groups in total. The van der Waals surface area contributed by atoms with Crippen molar-refractivity contribution in [3.63, 3.8) is 0 Å². The van der Waals surface area contributed by atoms with E-state index in [9.17, 15) is 13.6 Å². The minimum Gasteiger partial charge on any atom is -0.323 e. The smallest absolute Gasteiger partial charge is 0.234 e. The molecule has 0 saturated heterocycles. The number of aromatic nitrogens is 4. The summed E-state index contributed by atoms with van der Waals surface area (Å²) in [5.74, 6) is -1.98. The summed E-state index contributed by atoms with van der Waals surface area (Å²) in [7, 11) is 0. The second-order valence-electron chi connectivity index (χ2n) is 5.07. The van der Waals surface area contributed by atoms with Crippen LogP contribution in [0.15, 0.2) is 53.7 Å². The van der Waals surface area contributed by atoms with E-state index < -0.39 is 17.5 Å². The summed E-state index contributed by atoms with van der Waals surface area (Å²) in [6.07, 6.45) is 0. The van der Waals surface area contributed by atoms with Crippen molar-refractivity contribution in [3.8, 4) is 0 Å². The number of anilines is 1. The largest absolute Gasteiger partial charge is 0.323 e. The zero-order valence-electron chi connectivity index (χ0n) is 12.9. The van der Waals surface area contributed by atoms with Crippen LogP contribution in [0.1, 0.15) is 5.56 Å². The third-order valence-corrected chi connectivity index (χ3v) is 4.17. The third kappa shape index (κ3) is 4.60. The van der Waals surface area contributed by atoms with Crippen LogP contribution in [0.4, 0.5) is 14.5 Å². The molecule has 6 nitrogen and oxygen atoms in total. The van der Waals surface area contributed by atoms with Crippen LogP contribution >= 0.6 is 11.8 Å².